The van der Waals surface area contributed by atoms with Crippen LogP contribution >= 0.6 is 12.4 Å². The Balaban J connectivity index is 0.00000200. The lowest BCUT2D eigenvalue weighted by molar-refractivity contribution is -0.132. The summed E-state index contributed by atoms with van der Waals surface area (Å²) in [6.07, 6.45) is 1.44. The Labute approximate surface area is 122 Å². The Morgan fingerprint density at radius 1 is 1.40 bits per heavy atom. The SMILES string of the molecule is CN(Cc1ccc(OC(F)F)cc1)C(=O)C1(N)CC1.Cl. The summed E-state index contributed by atoms with van der Waals surface area (Å²) in [5.41, 5.74) is 5.98. The average molecular weight is 307 g/mol. The standard InChI is InChI=1S/C13H16F2N2O2.ClH/c1-17(11(18)13(16)6-7-13)8-9-2-4-10(5-3-9)19-12(14)15;/h2-5,12H,6-8,16H2,1H3;1H. The number of benzene rings is 1. The highest BCUT2D eigenvalue weighted by molar-refractivity contribution is 5.88. The molecule has 0 atom stereocenters. The number of carbonyl (C=O) groups excluding carboxylic acids is 1. The zero-order chi connectivity index (χ0) is 14.0. The van der Waals surface area contributed by atoms with Crippen LogP contribution in [-0.2, 0) is 11.3 Å². The van der Waals surface area contributed by atoms with Crippen molar-refractivity contribution in [1.82, 2.24) is 4.90 Å². The first-order valence-corrected chi connectivity index (χ1v) is 5.99. The largest absolute Gasteiger partial charge is 0.435 e. The first kappa shape index (κ1) is 16.7. The second kappa shape index (κ2) is 6.37. The predicted octanol–water partition coefficient (Wildman–Crippen LogP) is 2.16. The van der Waals surface area contributed by atoms with Crippen molar-refractivity contribution in [3.63, 3.8) is 0 Å². The molecule has 0 spiro atoms. The predicted molar refractivity (Wildman–Crippen MR) is 72.9 cm³/mol. The van der Waals surface area contributed by atoms with Crippen LogP contribution in [0, 0.1) is 0 Å². The molecular weight excluding hydrogens is 290 g/mol. The third-order valence-electron chi connectivity index (χ3n) is 3.13. The van der Waals surface area contributed by atoms with Crippen molar-refractivity contribution < 1.29 is 18.3 Å². The van der Waals surface area contributed by atoms with E-state index in [9.17, 15) is 13.6 Å². The van der Waals surface area contributed by atoms with Crippen LogP contribution < -0.4 is 10.5 Å². The second-order valence-corrected chi connectivity index (χ2v) is 4.84. The number of likely N-dealkylation sites (N-methyl/N-ethyl adjacent to an activating group) is 1. The minimum atomic E-state index is -2.83. The molecule has 0 radical (unpaired) electrons. The molecule has 2 N–H and O–H groups in total. The number of ether oxygens (including phenoxy) is 1. The summed E-state index contributed by atoms with van der Waals surface area (Å²) in [5.74, 6) is 0.0191. The van der Waals surface area contributed by atoms with Gasteiger partial charge in [-0.1, -0.05) is 12.1 Å². The van der Waals surface area contributed by atoms with Crippen LogP contribution in [0.4, 0.5) is 8.78 Å². The molecule has 1 fully saturated rings. The zero-order valence-corrected chi connectivity index (χ0v) is 11.8. The van der Waals surface area contributed by atoms with Crippen molar-refractivity contribution in [3.8, 4) is 5.75 Å². The van der Waals surface area contributed by atoms with Gasteiger partial charge in [0.2, 0.25) is 5.91 Å². The summed E-state index contributed by atoms with van der Waals surface area (Å²) >= 11 is 0. The Morgan fingerprint density at radius 3 is 2.40 bits per heavy atom. The Bertz CT molecular complexity index is 464. The molecule has 1 amide bonds. The van der Waals surface area contributed by atoms with Crippen LogP contribution in [0.3, 0.4) is 0 Å². The molecule has 2 rings (SSSR count). The molecule has 20 heavy (non-hydrogen) atoms. The molecule has 0 heterocycles. The second-order valence-electron chi connectivity index (χ2n) is 4.84. The highest BCUT2D eigenvalue weighted by Gasteiger charge is 2.47. The number of alkyl halides is 2. The van der Waals surface area contributed by atoms with E-state index in [2.05, 4.69) is 4.74 Å². The first-order chi connectivity index (χ1) is 8.90. The number of hydrogen-bond acceptors (Lipinski definition) is 3. The van der Waals surface area contributed by atoms with Crippen molar-refractivity contribution in [2.45, 2.75) is 31.5 Å². The Morgan fingerprint density at radius 2 is 1.95 bits per heavy atom. The van der Waals surface area contributed by atoms with E-state index in [1.54, 1.807) is 24.1 Å². The number of rotatable bonds is 5. The van der Waals surface area contributed by atoms with Gasteiger partial charge in [0, 0.05) is 13.6 Å². The van der Waals surface area contributed by atoms with Crippen molar-refractivity contribution in [3.05, 3.63) is 29.8 Å². The fourth-order valence-corrected chi connectivity index (χ4v) is 1.85. The molecule has 7 heteroatoms. The molecule has 0 aliphatic heterocycles. The van der Waals surface area contributed by atoms with Gasteiger partial charge in [-0.2, -0.15) is 8.78 Å². The molecular formula is C13H17ClF2N2O2. The third-order valence-corrected chi connectivity index (χ3v) is 3.13. The van der Waals surface area contributed by atoms with Crippen molar-refractivity contribution in [2.75, 3.05) is 7.05 Å². The van der Waals surface area contributed by atoms with Crippen molar-refractivity contribution in [1.29, 1.82) is 0 Å². The first-order valence-electron chi connectivity index (χ1n) is 5.99. The van der Waals surface area contributed by atoms with Gasteiger partial charge >= 0.3 is 6.61 Å². The molecule has 112 valence electrons. The van der Waals surface area contributed by atoms with E-state index < -0.39 is 12.2 Å². The smallest absolute Gasteiger partial charge is 0.387 e. The monoisotopic (exact) mass is 306 g/mol. The van der Waals surface area contributed by atoms with E-state index in [1.807, 2.05) is 0 Å². The summed E-state index contributed by atoms with van der Waals surface area (Å²) in [6, 6.07) is 6.21. The van der Waals surface area contributed by atoms with E-state index in [0.717, 1.165) is 18.4 Å². The maximum Gasteiger partial charge on any atom is 0.387 e. The number of halogens is 3. The van der Waals surface area contributed by atoms with Gasteiger partial charge in [-0.25, -0.2) is 0 Å². The molecule has 0 saturated heterocycles. The van der Waals surface area contributed by atoms with E-state index >= 15 is 0 Å². The molecule has 1 aliphatic rings. The molecule has 0 unspecified atom stereocenters. The van der Waals surface area contributed by atoms with Crippen LogP contribution in [0.1, 0.15) is 18.4 Å². The summed E-state index contributed by atoms with van der Waals surface area (Å²) in [6.45, 7) is -2.44. The van der Waals surface area contributed by atoms with E-state index in [-0.39, 0.29) is 24.1 Å². The van der Waals surface area contributed by atoms with Crippen LogP contribution in [0.5, 0.6) is 5.75 Å². The summed E-state index contributed by atoms with van der Waals surface area (Å²) in [5, 5.41) is 0. The molecule has 1 aliphatic carbocycles. The number of hydrogen-bond donors (Lipinski definition) is 1. The van der Waals surface area contributed by atoms with Crippen LogP contribution in [0.2, 0.25) is 0 Å². The minimum absolute atomic E-state index is 0. The lowest BCUT2D eigenvalue weighted by Crippen LogP contribution is -2.43. The van der Waals surface area contributed by atoms with Crippen LogP contribution in [-0.4, -0.2) is 30.0 Å². The molecule has 4 nitrogen and oxygen atoms in total. The van der Waals surface area contributed by atoms with E-state index in [0.29, 0.717) is 6.54 Å². The van der Waals surface area contributed by atoms with Crippen molar-refractivity contribution >= 4 is 18.3 Å². The molecule has 1 aromatic carbocycles. The van der Waals surface area contributed by atoms with Gasteiger partial charge in [0.15, 0.2) is 0 Å². The van der Waals surface area contributed by atoms with Gasteiger partial charge in [-0.3, -0.25) is 4.79 Å². The fourth-order valence-electron chi connectivity index (χ4n) is 1.85. The van der Waals surface area contributed by atoms with Gasteiger partial charge in [0.25, 0.3) is 0 Å². The number of nitrogens with zero attached hydrogens (tertiary/aromatic N) is 1. The van der Waals surface area contributed by atoms with Gasteiger partial charge in [-0.15, -0.1) is 12.4 Å². The average Bonchev–Trinajstić information content (AvgIpc) is 3.09. The lowest BCUT2D eigenvalue weighted by Gasteiger charge is -2.21. The fraction of sp³-hybridized carbons (Fsp3) is 0.462. The van der Waals surface area contributed by atoms with Crippen LogP contribution in [0.15, 0.2) is 24.3 Å². The number of amides is 1. The van der Waals surface area contributed by atoms with E-state index in [1.165, 1.54) is 12.1 Å². The maximum absolute atomic E-state index is 12.0. The summed E-state index contributed by atoms with van der Waals surface area (Å²) in [7, 11) is 1.68. The highest BCUT2D eigenvalue weighted by Crippen LogP contribution is 2.34. The molecule has 0 aromatic heterocycles. The summed E-state index contributed by atoms with van der Waals surface area (Å²) < 4.78 is 28.2. The minimum Gasteiger partial charge on any atom is -0.435 e. The molecule has 1 saturated carbocycles. The Kier molecular flexibility index (Phi) is 5.30. The van der Waals surface area contributed by atoms with Crippen LogP contribution in [0.25, 0.3) is 0 Å². The normalized spacial score (nSPS) is 15.4. The van der Waals surface area contributed by atoms with Gasteiger partial charge in [0.05, 0.1) is 5.54 Å². The lowest BCUT2D eigenvalue weighted by atomic mass is 10.2. The van der Waals surface area contributed by atoms with Gasteiger partial charge in [-0.05, 0) is 30.5 Å². The zero-order valence-electron chi connectivity index (χ0n) is 11.0. The highest BCUT2D eigenvalue weighted by atomic mass is 35.5. The quantitative estimate of drug-likeness (QED) is 0.907. The van der Waals surface area contributed by atoms with Gasteiger partial charge < -0.3 is 15.4 Å². The number of nitrogens with two attached hydrogens (primary N) is 1. The molecule has 0 bridgehead atoms. The van der Waals surface area contributed by atoms with Gasteiger partial charge in [0.1, 0.15) is 5.75 Å². The number of carbonyl (C=O) groups is 1. The van der Waals surface area contributed by atoms with E-state index in [4.69, 9.17) is 5.73 Å². The maximum atomic E-state index is 12.0. The third kappa shape index (κ3) is 4.05. The summed E-state index contributed by atoms with van der Waals surface area (Å²) in [4.78, 5) is 13.5. The Hall–Kier alpha value is -1.40. The topological polar surface area (TPSA) is 55.6 Å². The van der Waals surface area contributed by atoms with Crippen molar-refractivity contribution in [2.24, 2.45) is 5.73 Å². The molecule has 1 aromatic rings.